The minimum Gasteiger partial charge on any atom is -0.379 e. The van der Waals surface area contributed by atoms with Crippen LogP contribution in [0.1, 0.15) is 50.8 Å². The fourth-order valence-electron chi connectivity index (χ4n) is 1.91. The fourth-order valence-corrected chi connectivity index (χ4v) is 1.91. The standard InChI is InChI=1S/C16H24F3NO/c1-15(2,3)13-7-5-12(6-8-13)14(20)11-21-10-4-9-16(17,18)19/h5-8,14H,4,9-11,20H2,1-3H3. The van der Waals surface area contributed by atoms with Crippen LogP contribution in [-0.2, 0) is 10.2 Å². The van der Waals surface area contributed by atoms with Gasteiger partial charge in [-0.05, 0) is 23.0 Å². The number of benzene rings is 1. The molecule has 1 aromatic carbocycles. The SMILES string of the molecule is CC(C)(C)c1ccc(C(N)COCCCC(F)(F)F)cc1. The monoisotopic (exact) mass is 303 g/mol. The maximum absolute atomic E-state index is 12.0. The van der Waals surface area contributed by atoms with Crippen LogP contribution in [0.3, 0.4) is 0 Å². The predicted octanol–water partition coefficient (Wildman–Crippen LogP) is 4.34. The van der Waals surface area contributed by atoms with Crippen molar-refractivity contribution >= 4 is 0 Å². The summed E-state index contributed by atoms with van der Waals surface area (Å²) in [7, 11) is 0. The van der Waals surface area contributed by atoms with Crippen molar-refractivity contribution in [3.8, 4) is 0 Å². The molecule has 0 amide bonds. The van der Waals surface area contributed by atoms with Crippen LogP contribution in [0, 0.1) is 0 Å². The molecule has 0 saturated carbocycles. The molecule has 0 fully saturated rings. The van der Waals surface area contributed by atoms with Gasteiger partial charge < -0.3 is 10.5 Å². The Kier molecular flexibility index (Phi) is 6.23. The Hall–Kier alpha value is -1.07. The van der Waals surface area contributed by atoms with Gasteiger partial charge in [-0.1, -0.05) is 45.0 Å². The second kappa shape index (κ2) is 7.27. The summed E-state index contributed by atoms with van der Waals surface area (Å²) in [6.07, 6.45) is -4.96. The van der Waals surface area contributed by atoms with Crippen LogP contribution in [0.2, 0.25) is 0 Å². The summed E-state index contributed by atoms with van der Waals surface area (Å²) in [5.41, 5.74) is 8.20. The molecule has 5 heteroatoms. The first kappa shape index (κ1) is 18.0. The molecule has 1 aromatic rings. The molecule has 0 radical (unpaired) electrons. The lowest BCUT2D eigenvalue weighted by molar-refractivity contribution is -0.137. The molecule has 1 atom stereocenters. The van der Waals surface area contributed by atoms with E-state index in [4.69, 9.17) is 10.5 Å². The molecule has 2 N–H and O–H groups in total. The highest BCUT2D eigenvalue weighted by Crippen LogP contribution is 2.24. The van der Waals surface area contributed by atoms with Crippen molar-refractivity contribution in [2.75, 3.05) is 13.2 Å². The first-order chi connectivity index (χ1) is 9.59. The molecule has 0 heterocycles. The van der Waals surface area contributed by atoms with Crippen molar-refractivity contribution in [3.05, 3.63) is 35.4 Å². The number of halogens is 3. The number of hydrogen-bond donors (Lipinski definition) is 1. The van der Waals surface area contributed by atoms with Crippen LogP contribution >= 0.6 is 0 Å². The van der Waals surface area contributed by atoms with Crippen molar-refractivity contribution in [1.29, 1.82) is 0 Å². The van der Waals surface area contributed by atoms with Gasteiger partial charge in [0, 0.05) is 13.0 Å². The van der Waals surface area contributed by atoms with Gasteiger partial charge in [-0.15, -0.1) is 0 Å². The Morgan fingerprint density at radius 1 is 1.10 bits per heavy atom. The van der Waals surface area contributed by atoms with E-state index in [1.165, 1.54) is 5.56 Å². The fraction of sp³-hybridized carbons (Fsp3) is 0.625. The zero-order valence-corrected chi connectivity index (χ0v) is 12.8. The van der Waals surface area contributed by atoms with Gasteiger partial charge in [-0.3, -0.25) is 0 Å². The van der Waals surface area contributed by atoms with Gasteiger partial charge in [0.1, 0.15) is 0 Å². The smallest absolute Gasteiger partial charge is 0.379 e. The third kappa shape index (κ3) is 6.96. The van der Waals surface area contributed by atoms with E-state index in [0.717, 1.165) is 5.56 Å². The molecule has 1 rings (SSSR count). The van der Waals surface area contributed by atoms with Gasteiger partial charge in [0.15, 0.2) is 0 Å². The maximum atomic E-state index is 12.0. The van der Waals surface area contributed by atoms with Crippen LogP contribution in [-0.4, -0.2) is 19.4 Å². The number of hydrogen-bond acceptors (Lipinski definition) is 2. The van der Waals surface area contributed by atoms with Crippen LogP contribution < -0.4 is 5.73 Å². The minimum absolute atomic E-state index is 0.0286. The van der Waals surface area contributed by atoms with E-state index >= 15 is 0 Å². The first-order valence-corrected chi connectivity index (χ1v) is 7.10. The molecule has 21 heavy (non-hydrogen) atoms. The van der Waals surface area contributed by atoms with Crippen molar-refractivity contribution in [3.63, 3.8) is 0 Å². The molecule has 1 unspecified atom stereocenters. The largest absolute Gasteiger partial charge is 0.389 e. The Bertz CT molecular complexity index is 421. The van der Waals surface area contributed by atoms with Gasteiger partial charge in [0.25, 0.3) is 0 Å². The highest BCUT2D eigenvalue weighted by atomic mass is 19.4. The molecule has 0 aliphatic rings. The molecule has 0 aliphatic heterocycles. The summed E-state index contributed by atoms with van der Waals surface area (Å²) >= 11 is 0. The van der Waals surface area contributed by atoms with Crippen molar-refractivity contribution < 1.29 is 17.9 Å². The minimum atomic E-state index is -4.12. The van der Waals surface area contributed by atoms with Crippen LogP contribution in [0.4, 0.5) is 13.2 Å². The van der Waals surface area contributed by atoms with Gasteiger partial charge in [-0.2, -0.15) is 13.2 Å². The molecule has 0 bridgehead atoms. The predicted molar refractivity (Wildman–Crippen MR) is 78.2 cm³/mol. The lowest BCUT2D eigenvalue weighted by atomic mass is 9.86. The molecular weight excluding hydrogens is 279 g/mol. The molecule has 0 saturated heterocycles. The highest BCUT2D eigenvalue weighted by molar-refractivity contribution is 5.29. The Balaban J connectivity index is 2.37. The van der Waals surface area contributed by atoms with E-state index in [1.54, 1.807) is 0 Å². The molecule has 2 nitrogen and oxygen atoms in total. The normalized spacial score (nSPS) is 14.2. The van der Waals surface area contributed by atoms with Crippen LogP contribution in [0.5, 0.6) is 0 Å². The number of nitrogens with two attached hydrogens (primary N) is 1. The Labute approximate surface area is 124 Å². The van der Waals surface area contributed by atoms with E-state index in [1.807, 2.05) is 24.3 Å². The van der Waals surface area contributed by atoms with E-state index < -0.39 is 12.6 Å². The van der Waals surface area contributed by atoms with Gasteiger partial charge in [0.05, 0.1) is 12.6 Å². The second-order valence-corrected chi connectivity index (χ2v) is 6.27. The summed E-state index contributed by atoms with van der Waals surface area (Å²) in [5, 5.41) is 0. The van der Waals surface area contributed by atoms with Crippen LogP contribution in [0.15, 0.2) is 24.3 Å². The Morgan fingerprint density at radius 3 is 2.14 bits per heavy atom. The summed E-state index contributed by atoms with van der Waals surface area (Å²) in [4.78, 5) is 0. The molecule has 0 spiro atoms. The lowest BCUT2D eigenvalue weighted by Gasteiger charge is -2.20. The van der Waals surface area contributed by atoms with E-state index in [9.17, 15) is 13.2 Å². The molecule has 0 aromatic heterocycles. The third-order valence-corrected chi connectivity index (χ3v) is 3.25. The van der Waals surface area contributed by atoms with Crippen molar-refractivity contribution in [2.24, 2.45) is 5.73 Å². The number of ether oxygens (including phenoxy) is 1. The summed E-state index contributed by atoms with van der Waals surface area (Å²) in [5.74, 6) is 0. The number of rotatable bonds is 6. The zero-order chi connectivity index (χ0) is 16.1. The second-order valence-electron chi connectivity index (χ2n) is 6.27. The van der Waals surface area contributed by atoms with Gasteiger partial charge in [0.2, 0.25) is 0 Å². The Morgan fingerprint density at radius 2 is 1.67 bits per heavy atom. The quantitative estimate of drug-likeness (QED) is 0.793. The molecule has 120 valence electrons. The average molecular weight is 303 g/mol. The topological polar surface area (TPSA) is 35.2 Å². The lowest BCUT2D eigenvalue weighted by Crippen LogP contribution is -2.19. The highest BCUT2D eigenvalue weighted by Gasteiger charge is 2.26. The van der Waals surface area contributed by atoms with Gasteiger partial charge >= 0.3 is 6.18 Å². The summed E-state index contributed by atoms with van der Waals surface area (Å²) < 4.78 is 41.1. The van der Waals surface area contributed by atoms with Crippen molar-refractivity contribution in [2.45, 2.75) is 51.2 Å². The third-order valence-electron chi connectivity index (χ3n) is 3.25. The molecule has 0 aliphatic carbocycles. The van der Waals surface area contributed by atoms with Crippen LogP contribution in [0.25, 0.3) is 0 Å². The summed E-state index contributed by atoms with van der Waals surface area (Å²) in [6.45, 7) is 6.70. The maximum Gasteiger partial charge on any atom is 0.389 e. The van der Waals surface area contributed by atoms with Crippen molar-refractivity contribution in [1.82, 2.24) is 0 Å². The average Bonchev–Trinajstić information content (AvgIpc) is 2.36. The first-order valence-electron chi connectivity index (χ1n) is 7.10. The number of alkyl halides is 3. The van der Waals surface area contributed by atoms with E-state index in [0.29, 0.717) is 0 Å². The van der Waals surface area contributed by atoms with E-state index in [-0.39, 0.29) is 31.1 Å². The molecular formula is C16H24F3NO. The van der Waals surface area contributed by atoms with E-state index in [2.05, 4.69) is 20.8 Å². The zero-order valence-electron chi connectivity index (χ0n) is 12.8. The summed E-state index contributed by atoms with van der Waals surface area (Å²) in [6, 6.07) is 7.64. The van der Waals surface area contributed by atoms with Gasteiger partial charge in [-0.25, -0.2) is 0 Å².